The molecule has 0 radical (unpaired) electrons. The van der Waals surface area contributed by atoms with Crippen LogP contribution in [-0.4, -0.2) is 43.5 Å². The molecule has 1 atom stereocenters. The highest BCUT2D eigenvalue weighted by Gasteiger charge is 2.27. The number of hydrogen-bond donors (Lipinski definition) is 3. The monoisotopic (exact) mass is 291 g/mol. The van der Waals surface area contributed by atoms with Crippen LogP contribution < -0.4 is 4.72 Å². The molecule has 0 saturated heterocycles. The largest absolute Gasteiger partial charge is 0.392 e. The number of ether oxygens (including phenoxy) is 1. The van der Waals surface area contributed by atoms with E-state index in [1.807, 2.05) is 13.8 Å². The van der Waals surface area contributed by atoms with E-state index in [4.69, 9.17) is 4.74 Å². The first-order valence-electron chi connectivity index (χ1n) is 5.99. The number of hydrogen-bond acceptors (Lipinski definition) is 5. The first kappa shape index (κ1) is 16.1. The maximum absolute atomic E-state index is 12.3. The molecule has 0 aromatic carbocycles. The van der Waals surface area contributed by atoms with E-state index in [0.717, 1.165) is 0 Å². The molecule has 0 bridgehead atoms. The quantitative estimate of drug-likeness (QED) is 0.664. The third kappa shape index (κ3) is 3.75. The predicted octanol–water partition coefficient (Wildman–Crippen LogP) is 0.160. The molecule has 1 aromatic rings. The van der Waals surface area contributed by atoms with E-state index in [1.165, 1.54) is 7.11 Å². The Kier molecular flexibility index (Phi) is 5.48. The molecule has 7 nitrogen and oxygen atoms in total. The summed E-state index contributed by atoms with van der Waals surface area (Å²) in [6, 6.07) is -0.349. The molecule has 1 unspecified atom stereocenters. The number of aryl methyl sites for hydroxylation is 1. The van der Waals surface area contributed by atoms with Crippen LogP contribution in [0, 0.1) is 12.8 Å². The van der Waals surface area contributed by atoms with Crippen LogP contribution in [0.25, 0.3) is 0 Å². The van der Waals surface area contributed by atoms with E-state index < -0.39 is 10.0 Å². The van der Waals surface area contributed by atoms with Gasteiger partial charge in [-0.05, 0) is 12.8 Å². The maximum Gasteiger partial charge on any atom is 0.260 e. The first-order valence-corrected chi connectivity index (χ1v) is 7.47. The zero-order chi connectivity index (χ0) is 14.6. The van der Waals surface area contributed by atoms with Gasteiger partial charge in [0.2, 0.25) is 0 Å². The molecule has 0 aliphatic carbocycles. The zero-order valence-corrected chi connectivity index (χ0v) is 12.4. The molecule has 1 rings (SSSR count). The number of aliphatic hydroxyl groups excluding tert-OH is 1. The topological polar surface area (TPSA) is 104 Å². The van der Waals surface area contributed by atoms with Crippen molar-refractivity contribution in [3.63, 3.8) is 0 Å². The first-order chi connectivity index (χ1) is 8.83. The Morgan fingerprint density at radius 1 is 1.47 bits per heavy atom. The Labute approximate surface area is 113 Å². The minimum atomic E-state index is -3.78. The lowest BCUT2D eigenvalue weighted by atomic mass is 10.1. The molecule has 8 heteroatoms. The van der Waals surface area contributed by atoms with Crippen LogP contribution in [0.15, 0.2) is 5.03 Å². The Morgan fingerprint density at radius 2 is 2.11 bits per heavy atom. The second-order valence-corrected chi connectivity index (χ2v) is 6.35. The van der Waals surface area contributed by atoms with Gasteiger partial charge in [0, 0.05) is 24.4 Å². The molecule has 110 valence electrons. The molecule has 0 saturated carbocycles. The molecule has 19 heavy (non-hydrogen) atoms. The average molecular weight is 291 g/mol. The van der Waals surface area contributed by atoms with Gasteiger partial charge in [0.15, 0.2) is 5.03 Å². The summed E-state index contributed by atoms with van der Waals surface area (Å²) in [6.45, 7) is 5.35. The second-order valence-electron chi connectivity index (χ2n) is 4.72. The lowest BCUT2D eigenvalue weighted by molar-refractivity contribution is 0.157. The van der Waals surface area contributed by atoms with Crippen LogP contribution in [0.5, 0.6) is 0 Å². The molecular formula is C11H21N3O4S. The molecule has 0 spiro atoms. The molecule has 0 fully saturated rings. The third-order valence-electron chi connectivity index (χ3n) is 2.91. The molecule has 1 aromatic heterocycles. The maximum atomic E-state index is 12.3. The van der Waals surface area contributed by atoms with Crippen LogP contribution in [0.2, 0.25) is 0 Å². The van der Waals surface area contributed by atoms with Crippen molar-refractivity contribution < 1.29 is 18.3 Å². The van der Waals surface area contributed by atoms with Crippen LogP contribution >= 0.6 is 0 Å². The number of H-pyrrole nitrogens is 1. The van der Waals surface area contributed by atoms with Crippen molar-refractivity contribution in [1.82, 2.24) is 14.9 Å². The van der Waals surface area contributed by atoms with Gasteiger partial charge in [0.05, 0.1) is 13.2 Å². The molecule has 0 aliphatic heterocycles. The van der Waals surface area contributed by atoms with E-state index >= 15 is 0 Å². The Hall–Kier alpha value is -0.960. The van der Waals surface area contributed by atoms with Crippen molar-refractivity contribution in [2.75, 3.05) is 13.7 Å². The van der Waals surface area contributed by atoms with Crippen LogP contribution in [0.4, 0.5) is 0 Å². The van der Waals surface area contributed by atoms with Gasteiger partial charge in [0.25, 0.3) is 10.0 Å². The summed E-state index contributed by atoms with van der Waals surface area (Å²) < 4.78 is 32.1. The van der Waals surface area contributed by atoms with E-state index in [-0.39, 0.29) is 35.8 Å². The fraction of sp³-hybridized carbons (Fsp3) is 0.727. The molecule has 0 amide bonds. The molecular weight excluding hydrogens is 270 g/mol. The number of methoxy groups -OCH3 is 1. The van der Waals surface area contributed by atoms with Gasteiger partial charge in [-0.1, -0.05) is 13.8 Å². The Balaban J connectivity index is 3.03. The smallest absolute Gasteiger partial charge is 0.260 e. The van der Waals surface area contributed by atoms with Gasteiger partial charge in [-0.3, -0.25) is 5.10 Å². The van der Waals surface area contributed by atoms with Gasteiger partial charge in [0.1, 0.15) is 0 Å². The average Bonchev–Trinajstić information content (AvgIpc) is 2.70. The van der Waals surface area contributed by atoms with Crippen molar-refractivity contribution in [1.29, 1.82) is 0 Å². The SMILES string of the molecule is COCC(NS(=O)(=O)c1n[nH]c(C)c1CO)C(C)C. The number of nitrogens with one attached hydrogen (secondary N) is 2. The van der Waals surface area contributed by atoms with E-state index in [0.29, 0.717) is 5.69 Å². The van der Waals surface area contributed by atoms with Crippen molar-refractivity contribution in [2.24, 2.45) is 5.92 Å². The summed E-state index contributed by atoms with van der Waals surface area (Å²) in [5.74, 6) is 0.0762. The van der Waals surface area contributed by atoms with E-state index in [2.05, 4.69) is 14.9 Å². The minimum Gasteiger partial charge on any atom is -0.392 e. The van der Waals surface area contributed by atoms with Crippen molar-refractivity contribution >= 4 is 10.0 Å². The molecule has 1 heterocycles. The summed E-state index contributed by atoms with van der Waals surface area (Å²) in [5, 5.41) is 15.4. The van der Waals surface area contributed by atoms with Crippen molar-refractivity contribution in [3.8, 4) is 0 Å². The fourth-order valence-electron chi connectivity index (χ4n) is 1.64. The number of rotatable bonds is 7. The second kappa shape index (κ2) is 6.47. The van der Waals surface area contributed by atoms with E-state index in [1.54, 1.807) is 6.92 Å². The number of aromatic amines is 1. The van der Waals surface area contributed by atoms with Gasteiger partial charge in [-0.15, -0.1) is 0 Å². The fourth-order valence-corrected chi connectivity index (χ4v) is 3.19. The van der Waals surface area contributed by atoms with Gasteiger partial charge < -0.3 is 9.84 Å². The van der Waals surface area contributed by atoms with E-state index in [9.17, 15) is 13.5 Å². The summed E-state index contributed by atoms with van der Waals surface area (Å²) >= 11 is 0. The van der Waals surface area contributed by atoms with Gasteiger partial charge in [-0.25, -0.2) is 13.1 Å². The van der Waals surface area contributed by atoms with Gasteiger partial charge >= 0.3 is 0 Å². The number of aromatic nitrogens is 2. The predicted molar refractivity (Wildman–Crippen MR) is 70.1 cm³/mol. The highest BCUT2D eigenvalue weighted by atomic mass is 32.2. The zero-order valence-electron chi connectivity index (χ0n) is 11.6. The summed E-state index contributed by atoms with van der Waals surface area (Å²) in [7, 11) is -2.27. The standard InChI is InChI=1S/C11H21N3O4S/c1-7(2)10(6-18-4)14-19(16,17)11-9(5-15)8(3)12-13-11/h7,10,14-15H,5-6H2,1-4H3,(H,12,13). The summed E-state index contributed by atoms with van der Waals surface area (Å²) in [4.78, 5) is 0. The number of sulfonamides is 1. The lowest BCUT2D eigenvalue weighted by Gasteiger charge is -2.20. The minimum absolute atomic E-state index is 0.0762. The number of nitrogens with zero attached hydrogens (tertiary/aromatic N) is 1. The van der Waals surface area contributed by atoms with Crippen LogP contribution in [0.1, 0.15) is 25.1 Å². The van der Waals surface area contributed by atoms with Gasteiger partial charge in [-0.2, -0.15) is 5.10 Å². The Morgan fingerprint density at radius 3 is 2.58 bits per heavy atom. The van der Waals surface area contributed by atoms with Crippen molar-refractivity contribution in [3.05, 3.63) is 11.3 Å². The summed E-state index contributed by atoms with van der Waals surface area (Å²) in [5.41, 5.74) is 0.822. The third-order valence-corrected chi connectivity index (χ3v) is 4.37. The Bertz CT molecular complexity index is 510. The van der Waals surface area contributed by atoms with Crippen LogP contribution in [0.3, 0.4) is 0 Å². The van der Waals surface area contributed by atoms with Crippen LogP contribution in [-0.2, 0) is 21.4 Å². The lowest BCUT2D eigenvalue weighted by Crippen LogP contribution is -2.42. The highest BCUT2D eigenvalue weighted by molar-refractivity contribution is 7.89. The number of aliphatic hydroxyl groups is 1. The molecule has 3 N–H and O–H groups in total. The van der Waals surface area contributed by atoms with Crippen molar-refractivity contribution in [2.45, 2.75) is 38.4 Å². The normalized spacial score (nSPS) is 14.0. The summed E-state index contributed by atoms with van der Waals surface area (Å²) in [6.07, 6.45) is 0. The molecule has 0 aliphatic rings. The highest BCUT2D eigenvalue weighted by Crippen LogP contribution is 2.17.